The van der Waals surface area contributed by atoms with Crippen LogP contribution >= 0.6 is 0 Å². The van der Waals surface area contributed by atoms with Crippen molar-refractivity contribution >= 4 is 21.9 Å². The zero-order valence-electron chi connectivity index (χ0n) is 0. The maximum atomic E-state index is 0. The Morgan fingerprint density at radius 2 is 0.500 bits per heavy atom. The molecular weight excluding hydrogens is 80.2 g/mol. The lowest BCUT2D eigenvalue weighted by atomic mass is 12.0. The molecule has 0 heterocycles. The first-order valence-electron chi connectivity index (χ1n) is 0. The SMILES string of the molecule is C.C.[SiH4].[SiH4]. The summed E-state index contributed by atoms with van der Waals surface area (Å²) < 4.78 is 0. The monoisotopic (exact) mass is 96.1 g/mol. The molecule has 0 saturated carbocycles. The highest BCUT2D eigenvalue weighted by Crippen LogP contribution is 0.145. The van der Waals surface area contributed by atoms with E-state index in [1.807, 2.05) is 0 Å². The van der Waals surface area contributed by atoms with Crippen molar-refractivity contribution in [1.29, 1.82) is 0 Å². The van der Waals surface area contributed by atoms with Crippen LogP contribution in [0.3, 0.4) is 0 Å². The standard InChI is InChI=1S/2CH4.2H4Si/h4*1H4. The molecular formula is C2H16Si2. The van der Waals surface area contributed by atoms with Gasteiger partial charge in [-0.05, 0) is 21.9 Å². The molecule has 0 nitrogen and oxygen atoms in total. The third-order valence-electron chi connectivity index (χ3n) is 0. The maximum Gasteiger partial charge on any atom is -0.0149 e. The van der Waals surface area contributed by atoms with Gasteiger partial charge in [-0.2, -0.15) is 0 Å². The summed E-state index contributed by atoms with van der Waals surface area (Å²) in [5, 5.41) is 0. The van der Waals surface area contributed by atoms with Gasteiger partial charge in [-0.15, -0.1) is 0 Å². The summed E-state index contributed by atoms with van der Waals surface area (Å²) >= 11 is 0. The summed E-state index contributed by atoms with van der Waals surface area (Å²) in [4.78, 5) is 0. The van der Waals surface area contributed by atoms with Crippen LogP contribution in [0.2, 0.25) is 0 Å². The van der Waals surface area contributed by atoms with Crippen LogP contribution < -0.4 is 0 Å². The van der Waals surface area contributed by atoms with E-state index in [2.05, 4.69) is 0 Å². The van der Waals surface area contributed by atoms with Crippen molar-refractivity contribution in [1.82, 2.24) is 0 Å². The van der Waals surface area contributed by atoms with E-state index < -0.39 is 0 Å². The Balaban J connectivity index is 0. The Hall–Kier alpha value is 0.434. The molecule has 0 saturated heterocycles. The van der Waals surface area contributed by atoms with Crippen molar-refractivity contribution in [2.75, 3.05) is 0 Å². The molecule has 0 rings (SSSR count). The first-order valence-corrected chi connectivity index (χ1v) is 0. The lowest BCUT2D eigenvalue weighted by Gasteiger charge is -0.0786. The molecule has 0 bridgehead atoms. The van der Waals surface area contributed by atoms with Crippen LogP contribution in [0, 0.1) is 0 Å². The van der Waals surface area contributed by atoms with Gasteiger partial charge in [-0.3, -0.25) is 0 Å². The van der Waals surface area contributed by atoms with Crippen molar-refractivity contribution < 1.29 is 0 Å². The van der Waals surface area contributed by atoms with Crippen molar-refractivity contribution in [3.05, 3.63) is 0 Å². The van der Waals surface area contributed by atoms with Crippen LogP contribution in [0.15, 0.2) is 0 Å². The smallest absolute Gasteiger partial charge is 0.0149 e. The van der Waals surface area contributed by atoms with E-state index in [1.165, 1.54) is 0 Å². The molecule has 0 radical (unpaired) electrons. The normalized spacial score (nSPS) is 0. The van der Waals surface area contributed by atoms with Crippen LogP contribution in [0.1, 0.15) is 14.9 Å². The fourth-order valence-electron chi connectivity index (χ4n) is 0. The minimum Gasteiger partial charge on any atom is -0.0776 e. The second-order valence-corrected chi connectivity index (χ2v) is 0. The Morgan fingerprint density at radius 3 is 0.500 bits per heavy atom. The van der Waals surface area contributed by atoms with Crippen molar-refractivity contribution in [3.8, 4) is 0 Å². The lowest BCUT2D eigenvalue weighted by Crippen LogP contribution is -0.382. The molecule has 0 aromatic carbocycles. The second-order valence-electron chi connectivity index (χ2n) is 0. The summed E-state index contributed by atoms with van der Waals surface area (Å²) in [5.41, 5.74) is 0. The summed E-state index contributed by atoms with van der Waals surface area (Å²) in [6.45, 7) is 0. The summed E-state index contributed by atoms with van der Waals surface area (Å²) in [6, 6.07) is 0. The molecule has 0 N–H and O–H groups in total. The molecule has 0 fully saturated rings. The number of hydrogen-bond acceptors (Lipinski definition) is 0. The van der Waals surface area contributed by atoms with Gasteiger partial charge >= 0.3 is 0 Å². The molecule has 0 aliphatic heterocycles. The van der Waals surface area contributed by atoms with E-state index in [9.17, 15) is 0 Å². The Kier molecular flexibility index (Phi) is 7510. The van der Waals surface area contributed by atoms with Crippen molar-refractivity contribution in [3.63, 3.8) is 0 Å². The molecule has 0 aliphatic rings. The number of rotatable bonds is 0. The van der Waals surface area contributed by atoms with Crippen LogP contribution in [0.4, 0.5) is 0 Å². The first-order chi connectivity index (χ1) is 0. The third-order valence-corrected chi connectivity index (χ3v) is 0. The molecule has 0 aromatic rings. The highest BCUT2D eigenvalue weighted by atomic mass is 28.1. The fraction of sp³-hybridized carbons (Fsp3) is 1.00. The van der Waals surface area contributed by atoms with Gasteiger partial charge in [0, 0.05) is 0 Å². The fourth-order valence-corrected chi connectivity index (χ4v) is 0. The largest absolute Gasteiger partial charge is 0.0776 e. The van der Waals surface area contributed by atoms with E-state index in [1.54, 1.807) is 0 Å². The lowest BCUT2D eigenvalue weighted by molar-refractivity contribution is 2.50. The molecule has 4 heavy (non-hydrogen) atoms. The number of hydrogen-bond donors (Lipinski definition) is 0. The van der Waals surface area contributed by atoms with Gasteiger partial charge < -0.3 is 0 Å². The zero-order valence-corrected chi connectivity index (χ0v) is 0. The molecule has 0 unspecified atom stereocenters. The summed E-state index contributed by atoms with van der Waals surface area (Å²) in [6.07, 6.45) is 0. The van der Waals surface area contributed by atoms with Crippen LogP contribution in [0.25, 0.3) is 0 Å². The predicted octanol–water partition coefficient (Wildman–Crippen LogP) is -1.63. The molecule has 0 atom stereocenters. The molecule has 2 heteroatoms. The minimum atomic E-state index is 0. The molecule has 32 valence electrons. The van der Waals surface area contributed by atoms with Gasteiger partial charge in [0.05, 0.1) is 0 Å². The van der Waals surface area contributed by atoms with Crippen LogP contribution in [0.5, 0.6) is 0 Å². The Morgan fingerprint density at radius 1 is 0.500 bits per heavy atom. The Bertz CT molecular complexity index is 4.00. The molecule has 0 spiro atoms. The molecule has 0 aliphatic carbocycles. The van der Waals surface area contributed by atoms with Crippen LogP contribution in [-0.2, 0) is 0 Å². The van der Waals surface area contributed by atoms with E-state index in [4.69, 9.17) is 0 Å². The highest BCUT2D eigenvalue weighted by Gasteiger charge is -0.0138. The maximum absolute atomic E-state index is 0. The van der Waals surface area contributed by atoms with Crippen molar-refractivity contribution in [2.24, 2.45) is 0 Å². The van der Waals surface area contributed by atoms with Gasteiger partial charge in [0.15, 0.2) is 0 Å². The van der Waals surface area contributed by atoms with E-state index in [0.29, 0.717) is 0 Å². The summed E-state index contributed by atoms with van der Waals surface area (Å²) in [5.74, 6) is 0. The zero-order chi connectivity index (χ0) is 0. The first kappa shape index (κ1) is 278. The van der Waals surface area contributed by atoms with Gasteiger partial charge in [-0.1, -0.05) is 14.9 Å². The highest BCUT2D eigenvalue weighted by molar-refractivity contribution is 5.76. The minimum absolute atomic E-state index is 0. The van der Waals surface area contributed by atoms with E-state index >= 15 is 0 Å². The van der Waals surface area contributed by atoms with Crippen LogP contribution in [-0.4, -0.2) is 21.9 Å². The average Bonchev–Trinajstić information content (AvgIpc) is 0. The average molecular weight is 96.3 g/mol. The summed E-state index contributed by atoms with van der Waals surface area (Å²) in [7, 11) is 0. The van der Waals surface area contributed by atoms with Gasteiger partial charge in [0.1, 0.15) is 0 Å². The van der Waals surface area contributed by atoms with Gasteiger partial charge in [-0.25, -0.2) is 0 Å². The predicted molar refractivity (Wildman–Crippen MR) is 36.1 cm³/mol. The van der Waals surface area contributed by atoms with Gasteiger partial charge in [0.25, 0.3) is 0 Å². The topological polar surface area (TPSA) is 0 Å². The quantitative estimate of drug-likeness (QED) is 0.318. The van der Waals surface area contributed by atoms with Crippen molar-refractivity contribution in [2.45, 2.75) is 14.9 Å². The third kappa shape index (κ3) is 26.6. The van der Waals surface area contributed by atoms with Gasteiger partial charge in [0.2, 0.25) is 0 Å². The van der Waals surface area contributed by atoms with E-state index in [-0.39, 0.29) is 36.8 Å². The Labute approximate surface area is 37.7 Å². The molecule has 0 amide bonds. The second kappa shape index (κ2) is 108. The van der Waals surface area contributed by atoms with E-state index in [0.717, 1.165) is 0 Å². The molecule has 0 aromatic heterocycles.